The van der Waals surface area contributed by atoms with Gasteiger partial charge in [-0.2, -0.15) is 0 Å². The lowest BCUT2D eigenvalue weighted by Crippen LogP contribution is -2.09. The number of thiophene rings is 1. The van der Waals surface area contributed by atoms with E-state index >= 15 is 0 Å². The second-order valence-corrected chi connectivity index (χ2v) is 27.7. The summed E-state index contributed by atoms with van der Waals surface area (Å²) in [4.78, 5) is 7.76. The highest BCUT2D eigenvalue weighted by Crippen LogP contribution is 2.55. The molecule has 0 radical (unpaired) electrons. The van der Waals surface area contributed by atoms with Gasteiger partial charge in [0.2, 0.25) is 0 Å². The van der Waals surface area contributed by atoms with Crippen LogP contribution >= 0.6 is 58.4 Å². The molecule has 1 aromatic rings. The zero-order valence-electron chi connectivity index (χ0n) is 44.7. The van der Waals surface area contributed by atoms with Crippen molar-refractivity contribution in [2.75, 3.05) is 25.0 Å². The Hall–Kier alpha value is -4.36. The average molecular weight is 1020 g/mol. The van der Waals surface area contributed by atoms with Crippen molar-refractivity contribution in [2.45, 2.75) is 124 Å². The highest BCUT2D eigenvalue weighted by molar-refractivity contribution is 7.99. The Morgan fingerprint density at radius 3 is 0.662 bits per heavy atom. The number of fused-ring (bicyclic) bond motifs is 4. The van der Waals surface area contributed by atoms with E-state index in [1.54, 1.807) is 0 Å². The maximum Gasteiger partial charge on any atom is 0.0996 e. The fraction of sp³-hybridized carbons (Fsp3) is 0.303. The van der Waals surface area contributed by atoms with Crippen molar-refractivity contribution in [3.8, 4) is 44.5 Å². The third-order valence-electron chi connectivity index (χ3n) is 14.4. The van der Waals surface area contributed by atoms with Crippen LogP contribution in [-0.4, -0.2) is 25.0 Å². The topological polar surface area (TPSA) is 0 Å². The molecular weight excluding hydrogens is 953 g/mol. The minimum atomic E-state index is 0.0190. The van der Waals surface area contributed by atoms with Crippen LogP contribution in [0.4, 0.5) is 0 Å². The summed E-state index contributed by atoms with van der Waals surface area (Å²) in [6, 6.07) is 52.8. The van der Waals surface area contributed by atoms with Gasteiger partial charge in [-0.05, 0) is 117 Å². The van der Waals surface area contributed by atoms with Crippen LogP contribution in [-0.2, 0) is 21.7 Å². The molecular formula is C66H70S5+2. The van der Waals surface area contributed by atoms with E-state index in [2.05, 4.69) is 242 Å². The monoisotopic (exact) mass is 1020 g/mol. The average Bonchev–Trinajstić information content (AvgIpc) is 3.98. The van der Waals surface area contributed by atoms with Gasteiger partial charge < -0.3 is 0 Å². The van der Waals surface area contributed by atoms with E-state index in [9.17, 15) is 0 Å². The molecule has 0 unspecified atom stereocenters. The van der Waals surface area contributed by atoms with Crippen LogP contribution in [0.15, 0.2) is 153 Å². The molecule has 0 aromatic carbocycles. The molecule has 0 spiro atoms. The van der Waals surface area contributed by atoms with Gasteiger partial charge in [-0.3, -0.25) is 0 Å². The molecule has 0 saturated carbocycles. The van der Waals surface area contributed by atoms with E-state index in [4.69, 9.17) is 0 Å². The summed E-state index contributed by atoms with van der Waals surface area (Å²) in [6.45, 7) is 27.8. The van der Waals surface area contributed by atoms with Crippen molar-refractivity contribution >= 4 is 58.4 Å². The molecule has 8 aliphatic carbocycles. The molecule has 0 nitrogen and oxygen atoms in total. The van der Waals surface area contributed by atoms with Gasteiger partial charge in [0.15, 0.2) is 0 Å². The lowest BCUT2D eigenvalue weighted by molar-refractivity contribution is 0.590. The van der Waals surface area contributed by atoms with Crippen molar-refractivity contribution in [3.63, 3.8) is 0 Å². The molecule has 0 N–H and O–H groups in total. The summed E-state index contributed by atoms with van der Waals surface area (Å²) in [7, 11) is 0. The first-order valence-corrected chi connectivity index (χ1v) is 30.6. The van der Waals surface area contributed by atoms with Gasteiger partial charge in [0.1, 0.15) is 0 Å². The standard InChI is InChI=1S/C66H70S5/c1-63(2,3)39-17-25-43-47(29-21-39)57(67-13)35-51(43)61(52-36-58(68-14)48-30-22-40(64(4,5)6)18-26-44(48)52)55-33-34-56(71-55)62(53-37-59(69-15)49-31-23-41(65(7,8)9)19-27-45(49)53)54-38-60(70-16)50-32-24-42(66(10,11)12)20-28-46(50)54/h17-38H,1-16H3/q+2. The van der Waals surface area contributed by atoms with Crippen LogP contribution < -0.4 is 0 Å². The first kappa shape index (κ1) is 51.5. The van der Waals surface area contributed by atoms with Crippen LogP contribution in [0.3, 0.4) is 0 Å². The highest BCUT2D eigenvalue weighted by Gasteiger charge is 2.40. The molecule has 8 aliphatic rings. The van der Waals surface area contributed by atoms with Crippen molar-refractivity contribution in [2.24, 2.45) is 0 Å². The van der Waals surface area contributed by atoms with Crippen molar-refractivity contribution < 1.29 is 0 Å². The SMILES string of the molecule is CSc1cc([C+](c2ccc([C+](c3cc(SC)c4ccc(C(C)(C)C)ccc3-4)c3cc(SC)c4ccc(C(C)(C)C)ccc3-4)s2)c2cc(SC)c3ccc(C(C)(C)C)ccc2-3)c2ccc(C(C)(C)C)ccc1-2. The molecule has 0 saturated heterocycles. The van der Waals surface area contributed by atoms with Crippen LogP contribution in [0.5, 0.6) is 0 Å². The second-order valence-electron chi connectivity index (χ2n) is 23.2. The summed E-state index contributed by atoms with van der Waals surface area (Å²) in [5.74, 6) is 2.58. The van der Waals surface area contributed by atoms with Crippen molar-refractivity contribution in [3.05, 3.63) is 200 Å². The molecule has 0 bridgehead atoms. The molecule has 0 fully saturated rings. The van der Waals surface area contributed by atoms with E-state index in [-0.39, 0.29) is 21.7 Å². The molecule has 0 aliphatic heterocycles. The van der Waals surface area contributed by atoms with Gasteiger partial charge in [0, 0.05) is 80.9 Å². The van der Waals surface area contributed by atoms with E-state index in [1.165, 1.54) is 130 Å². The predicted molar refractivity (Wildman–Crippen MR) is 320 cm³/mol. The largest absolute Gasteiger partial charge is 0.121 e. The molecule has 1 aromatic heterocycles. The van der Waals surface area contributed by atoms with Crippen LogP contribution in [0, 0.1) is 11.8 Å². The second kappa shape index (κ2) is 19.5. The number of thioether (sulfide) groups is 4. The van der Waals surface area contributed by atoms with Gasteiger partial charge in [-0.15, -0.1) is 58.4 Å². The lowest BCUT2D eigenvalue weighted by Gasteiger charge is -2.17. The molecule has 0 amide bonds. The van der Waals surface area contributed by atoms with E-state index in [1.807, 2.05) is 58.4 Å². The van der Waals surface area contributed by atoms with Crippen molar-refractivity contribution in [1.29, 1.82) is 0 Å². The predicted octanol–water partition coefficient (Wildman–Crippen LogP) is 20.3. The maximum absolute atomic E-state index is 2.48. The molecule has 9 rings (SSSR count). The molecule has 0 atom stereocenters. The Kier molecular flexibility index (Phi) is 14.1. The van der Waals surface area contributed by atoms with E-state index in [0.717, 1.165) is 0 Å². The third kappa shape index (κ3) is 9.81. The zero-order valence-corrected chi connectivity index (χ0v) is 48.8. The summed E-state index contributed by atoms with van der Waals surface area (Å²) in [6.07, 6.45) is 8.92. The zero-order chi connectivity index (χ0) is 50.9. The molecule has 1 heterocycles. The first-order chi connectivity index (χ1) is 33.5. The molecule has 71 heavy (non-hydrogen) atoms. The van der Waals surface area contributed by atoms with Crippen LogP contribution in [0.25, 0.3) is 44.5 Å². The fourth-order valence-electron chi connectivity index (χ4n) is 10.2. The van der Waals surface area contributed by atoms with E-state index < -0.39 is 0 Å². The lowest BCUT2D eigenvalue weighted by atomic mass is 9.86. The van der Waals surface area contributed by atoms with Gasteiger partial charge in [-0.25, -0.2) is 0 Å². The number of rotatable bonds is 10. The Morgan fingerprint density at radius 1 is 0.282 bits per heavy atom. The quantitative estimate of drug-likeness (QED) is 0.0988. The van der Waals surface area contributed by atoms with Gasteiger partial charge in [-0.1, -0.05) is 132 Å². The molecule has 362 valence electrons. The smallest absolute Gasteiger partial charge is 0.0996 e. The highest BCUT2D eigenvalue weighted by atomic mass is 32.2. The summed E-state index contributed by atoms with van der Waals surface area (Å²) in [5.41, 5.74) is 20.9. The van der Waals surface area contributed by atoms with Gasteiger partial charge >= 0.3 is 0 Å². The van der Waals surface area contributed by atoms with E-state index in [0.29, 0.717) is 0 Å². The van der Waals surface area contributed by atoms with Crippen LogP contribution in [0.2, 0.25) is 0 Å². The summed E-state index contributed by atoms with van der Waals surface area (Å²) in [5, 5.41) is 0. The Bertz CT molecular complexity index is 2830. The maximum atomic E-state index is 2.48. The fourth-order valence-corrected chi connectivity index (χ4v) is 13.9. The minimum absolute atomic E-state index is 0.0190. The van der Waals surface area contributed by atoms with Crippen LogP contribution in [0.1, 0.15) is 137 Å². The Labute approximate surface area is 448 Å². The summed E-state index contributed by atoms with van der Waals surface area (Å²) < 4.78 is 0. The minimum Gasteiger partial charge on any atom is -0.121 e. The third-order valence-corrected chi connectivity index (χ3v) is 18.7. The number of hydrogen-bond donors (Lipinski definition) is 0. The number of hydrogen-bond acceptors (Lipinski definition) is 5. The van der Waals surface area contributed by atoms with Gasteiger partial charge in [0.25, 0.3) is 0 Å². The van der Waals surface area contributed by atoms with Gasteiger partial charge in [0.05, 0.1) is 63.4 Å². The summed E-state index contributed by atoms with van der Waals surface area (Å²) >= 11 is 9.34. The Balaban J connectivity index is 1.35. The normalized spacial score (nSPS) is 12.7. The van der Waals surface area contributed by atoms with Crippen molar-refractivity contribution in [1.82, 2.24) is 0 Å². The molecule has 5 heteroatoms. The first-order valence-electron chi connectivity index (χ1n) is 24.9. The Morgan fingerprint density at radius 2 is 0.479 bits per heavy atom.